The molecule has 0 heterocycles. The van der Waals surface area contributed by atoms with Gasteiger partial charge in [0.2, 0.25) is 0 Å². The number of halogens is 2. The maximum Gasteiger partial charge on any atom is 0.0640 e. The normalized spacial score (nSPS) is 10.1. The van der Waals surface area contributed by atoms with Crippen molar-refractivity contribution in [2.75, 3.05) is 11.4 Å². The SMILES string of the molecule is N#CCCN(Cc1c(Cl)cccc1Cl)c1ccccc1. The van der Waals surface area contributed by atoms with E-state index < -0.39 is 0 Å². The van der Waals surface area contributed by atoms with Crippen molar-refractivity contribution in [1.29, 1.82) is 5.26 Å². The Bertz CT molecular complexity index is 585. The number of hydrogen-bond acceptors (Lipinski definition) is 2. The lowest BCUT2D eigenvalue weighted by Crippen LogP contribution is -2.24. The van der Waals surface area contributed by atoms with Crippen molar-refractivity contribution in [1.82, 2.24) is 0 Å². The highest BCUT2D eigenvalue weighted by molar-refractivity contribution is 6.36. The first-order valence-corrected chi connectivity index (χ1v) is 7.08. The highest BCUT2D eigenvalue weighted by atomic mass is 35.5. The fourth-order valence-electron chi connectivity index (χ4n) is 2.00. The minimum absolute atomic E-state index is 0.455. The van der Waals surface area contributed by atoms with Crippen LogP contribution in [0.1, 0.15) is 12.0 Å². The Morgan fingerprint density at radius 1 is 0.950 bits per heavy atom. The van der Waals surface area contributed by atoms with Crippen LogP contribution < -0.4 is 4.90 Å². The number of rotatable bonds is 5. The van der Waals surface area contributed by atoms with Crippen molar-refractivity contribution < 1.29 is 0 Å². The van der Waals surface area contributed by atoms with Gasteiger partial charge < -0.3 is 4.90 Å². The van der Waals surface area contributed by atoms with Gasteiger partial charge in [-0.15, -0.1) is 0 Å². The molecule has 0 saturated carbocycles. The average Bonchev–Trinajstić information content (AvgIpc) is 2.47. The second-order valence-electron chi connectivity index (χ2n) is 4.37. The molecule has 2 aromatic carbocycles. The Hall–Kier alpha value is -1.69. The molecule has 102 valence electrons. The van der Waals surface area contributed by atoms with Gasteiger partial charge in [-0.3, -0.25) is 0 Å². The molecule has 0 unspecified atom stereocenters. The van der Waals surface area contributed by atoms with E-state index in [0.29, 0.717) is 29.6 Å². The van der Waals surface area contributed by atoms with E-state index in [-0.39, 0.29) is 0 Å². The van der Waals surface area contributed by atoms with E-state index in [9.17, 15) is 0 Å². The Morgan fingerprint density at radius 3 is 2.20 bits per heavy atom. The fourth-order valence-corrected chi connectivity index (χ4v) is 2.51. The molecule has 0 aliphatic heterocycles. The molecule has 0 bridgehead atoms. The van der Waals surface area contributed by atoms with E-state index in [0.717, 1.165) is 11.3 Å². The minimum Gasteiger partial charge on any atom is -0.366 e. The van der Waals surface area contributed by atoms with Crippen LogP contribution in [0, 0.1) is 11.3 Å². The number of nitrogens with zero attached hydrogens (tertiary/aromatic N) is 2. The zero-order valence-electron chi connectivity index (χ0n) is 10.9. The number of benzene rings is 2. The van der Waals surface area contributed by atoms with Crippen LogP contribution in [0.3, 0.4) is 0 Å². The van der Waals surface area contributed by atoms with E-state index in [4.69, 9.17) is 28.5 Å². The smallest absolute Gasteiger partial charge is 0.0640 e. The molecule has 0 aromatic heterocycles. The summed E-state index contributed by atoms with van der Waals surface area (Å²) < 4.78 is 0. The molecule has 0 amide bonds. The molecule has 0 N–H and O–H groups in total. The summed E-state index contributed by atoms with van der Waals surface area (Å²) in [5, 5.41) is 10.1. The summed E-state index contributed by atoms with van der Waals surface area (Å²) in [7, 11) is 0. The molecule has 0 saturated heterocycles. The van der Waals surface area contributed by atoms with E-state index in [1.54, 1.807) is 0 Å². The zero-order chi connectivity index (χ0) is 14.4. The van der Waals surface area contributed by atoms with Crippen LogP contribution in [-0.4, -0.2) is 6.54 Å². The van der Waals surface area contributed by atoms with Crippen molar-refractivity contribution in [2.24, 2.45) is 0 Å². The standard InChI is InChI=1S/C16H14Cl2N2/c17-15-8-4-9-16(18)14(15)12-20(11-5-10-19)13-6-2-1-3-7-13/h1-4,6-9H,5,11-12H2. The largest absolute Gasteiger partial charge is 0.366 e. The Morgan fingerprint density at radius 2 is 1.60 bits per heavy atom. The molecular formula is C16H14Cl2N2. The van der Waals surface area contributed by atoms with Crippen LogP contribution in [-0.2, 0) is 6.54 Å². The van der Waals surface area contributed by atoms with Gasteiger partial charge in [-0.25, -0.2) is 0 Å². The van der Waals surface area contributed by atoms with Crippen molar-refractivity contribution in [3.8, 4) is 6.07 Å². The molecule has 20 heavy (non-hydrogen) atoms. The van der Waals surface area contributed by atoms with Crippen molar-refractivity contribution in [3.63, 3.8) is 0 Å². The van der Waals surface area contributed by atoms with Gasteiger partial charge in [-0.05, 0) is 24.3 Å². The van der Waals surface area contributed by atoms with Crippen LogP contribution >= 0.6 is 23.2 Å². The second kappa shape index (κ2) is 7.19. The molecule has 0 aliphatic carbocycles. The number of para-hydroxylation sites is 1. The maximum atomic E-state index is 8.81. The van der Waals surface area contributed by atoms with E-state index in [2.05, 4.69) is 11.0 Å². The predicted molar refractivity (Wildman–Crippen MR) is 84.2 cm³/mol. The molecule has 2 aromatic rings. The Labute approximate surface area is 129 Å². The molecule has 2 rings (SSSR count). The van der Waals surface area contributed by atoms with Gasteiger partial charge in [0, 0.05) is 34.4 Å². The van der Waals surface area contributed by atoms with Gasteiger partial charge in [0.15, 0.2) is 0 Å². The first kappa shape index (κ1) is 14.7. The zero-order valence-corrected chi connectivity index (χ0v) is 12.4. The van der Waals surface area contributed by atoms with Gasteiger partial charge in [0.05, 0.1) is 12.5 Å². The lowest BCUT2D eigenvalue weighted by molar-refractivity contribution is 0.798. The molecule has 0 spiro atoms. The molecule has 0 fully saturated rings. The number of nitriles is 1. The third-order valence-electron chi connectivity index (χ3n) is 3.03. The summed E-state index contributed by atoms with van der Waals surface area (Å²) in [6.07, 6.45) is 0.455. The van der Waals surface area contributed by atoms with E-state index in [1.807, 2.05) is 48.5 Å². The quantitative estimate of drug-likeness (QED) is 0.784. The highest BCUT2D eigenvalue weighted by Crippen LogP contribution is 2.27. The Kier molecular flexibility index (Phi) is 5.29. The van der Waals surface area contributed by atoms with Crippen molar-refractivity contribution in [2.45, 2.75) is 13.0 Å². The average molecular weight is 305 g/mol. The summed E-state index contributed by atoms with van der Waals surface area (Å²) in [6, 6.07) is 17.6. The van der Waals surface area contributed by atoms with Gasteiger partial charge in [-0.1, -0.05) is 47.5 Å². The second-order valence-corrected chi connectivity index (χ2v) is 5.18. The molecular weight excluding hydrogens is 291 g/mol. The third kappa shape index (κ3) is 3.66. The van der Waals surface area contributed by atoms with Crippen molar-refractivity contribution in [3.05, 3.63) is 64.1 Å². The topological polar surface area (TPSA) is 27.0 Å². The van der Waals surface area contributed by atoms with Crippen LogP contribution in [0.5, 0.6) is 0 Å². The van der Waals surface area contributed by atoms with Crippen LogP contribution in [0.4, 0.5) is 5.69 Å². The summed E-state index contributed by atoms with van der Waals surface area (Å²) in [6.45, 7) is 1.23. The van der Waals surface area contributed by atoms with Gasteiger partial charge in [0.25, 0.3) is 0 Å². The van der Waals surface area contributed by atoms with E-state index in [1.165, 1.54) is 0 Å². The number of hydrogen-bond donors (Lipinski definition) is 0. The molecule has 4 heteroatoms. The third-order valence-corrected chi connectivity index (χ3v) is 3.73. The monoisotopic (exact) mass is 304 g/mol. The van der Waals surface area contributed by atoms with Crippen LogP contribution in [0.25, 0.3) is 0 Å². The highest BCUT2D eigenvalue weighted by Gasteiger charge is 2.12. The first-order valence-electron chi connectivity index (χ1n) is 6.32. The van der Waals surface area contributed by atoms with Gasteiger partial charge in [-0.2, -0.15) is 5.26 Å². The fraction of sp³-hybridized carbons (Fsp3) is 0.188. The molecule has 0 atom stereocenters. The van der Waals surface area contributed by atoms with Gasteiger partial charge >= 0.3 is 0 Å². The van der Waals surface area contributed by atoms with Gasteiger partial charge in [0.1, 0.15) is 0 Å². The lowest BCUT2D eigenvalue weighted by Gasteiger charge is -2.25. The summed E-state index contributed by atoms with van der Waals surface area (Å²) in [5.41, 5.74) is 1.94. The van der Waals surface area contributed by atoms with E-state index >= 15 is 0 Å². The predicted octanol–water partition coefficient (Wildman–Crippen LogP) is 4.91. The molecule has 0 radical (unpaired) electrons. The molecule has 0 aliphatic rings. The summed E-state index contributed by atoms with van der Waals surface area (Å²) in [5.74, 6) is 0. The van der Waals surface area contributed by atoms with Crippen molar-refractivity contribution >= 4 is 28.9 Å². The maximum absolute atomic E-state index is 8.81. The minimum atomic E-state index is 0.455. The first-order chi connectivity index (χ1) is 9.72. The van der Waals surface area contributed by atoms with Crippen LogP contribution in [0.2, 0.25) is 10.0 Å². The van der Waals surface area contributed by atoms with Crippen LogP contribution in [0.15, 0.2) is 48.5 Å². The Balaban J connectivity index is 2.27. The summed E-state index contributed by atoms with van der Waals surface area (Å²) in [4.78, 5) is 2.11. The number of anilines is 1. The lowest BCUT2D eigenvalue weighted by atomic mass is 10.2. The molecule has 2 nitrogen and oxygen atoms in total. The summed E-state index contributed by atoms with van der Waals surface area (Å²) >= 11 is 12.4.